The van der Waals surface area contributed by atoms with Crippen molar-refractivity contribution in [1.82, 2.24) is 9.55 Å². The zero-order chi connectivity index (χ0) is 14.3. The van der Waals surface area contributed by atoms with E-state index in [2.05, 4.69) is 4.98 Å². The minimum Gasteiger partial charge on any atom is -0.369 e. The molecule has 0 aliphatic rings. The number of nitrogen functional groups attached to an aromatic ring is 1. The number of benzene rings is 2. The zero-order valence-electron chi connectivity index (χ0n) is 10.9. The molecule has 3 nitrogen and oxygen atoms in total. The molecule has 0 aliphatic heterocycles. The van der Waals surface area contributed by atoms with E-state index in [4.69, 9.17) is 5.73 Å². The number of hydrogen-bond acceptors (Lipinski definition) is 2. The Labute approximate surface area is 114 Å². The van der Waals surface area contributed by atoms with Gasteiger partial charge in [0.2, 0.25) is 5.95 Å². The lowest BCUT2D eigenvalue weighted by Gasteiger charge is -2.09. The summed E-state index contributed by atoms with van der Waals surface area (Å²) in [6.07, 6.45) is 0. The number of fused-ring (bicyclic) bond motifs is 1. The number of anilines is 1. The van der Waals surface area contributed by atoms with Crippen LogP contribution in [-0.4, -0.2) is 9.55 Å². The maximum atomic E-state index is 13.7. The van der Waals surface area contributed by atoms with Gasteiger partial charge in [0.05, 0.1) is 12.1 Å². The number of rotatable bonds is 2. The molecule has 3 aromatic rings. The van der Waals surface area contributed by atoms with E-state index in [1.54, 1.807) is 4.57 Å². The second-order valence-electron chi connectivity index (χ2n) is 4.74. The normalized spacial score (nSPS) is 11.2. The van der Waals surface area contributed by atoms with Crippen LogP contribution in [0, 0.1) is 18.6 Å². The average Bonchev–Trinajstić information content (AvgIpc) is 2.70. The van der Waals surface area contributed by atoms with Gasteiger partial charge in [-0.05, 0) is 18.1 Å². The van der Waals surface area contributed by atoms with Gasteiger partial charge in [0.15, 0.2) is 5.82 Å². The quantitative estimate of drug-likeness (QED) is 0.779. The van der Waals surface area contributed by atoms with Crippen molar-refractivity contribution in [2.75, 3.05) is 5.73 Å². The van der Waals surface area contributed by atoms with Crippen molar-refractivity contribution in [3.05, 3.63) is 59.2 Å². The molecule has 0 spiro atoms. The molecule has 2 N–H and O–H groups in total. The van der Waals surface area contributed by atoms with Gasteiger partial charge in [0, 0.05) is 12.1 Å². The Kier molecular flexibility index (Phi) is 2.89. The van der Waals surface area contributed by atoms with Crippen LogP contribution < -0.4 is 5.73 Å². The zero-order valence-corrected chi connectivity index (χ0v) is 10.9. The van der Waals surface area contributed by atoms with Gasteiger partial charge in [0.1, 0.15) is 11.3 Å². The fourth-order valence-electron chi connectivity index (χ4n) is 2.29. The summed E-state index contributed by atoms with van der Waals surface area (Å²) in [7, 11) is 0. The van der Waals surface area contributed by atoms with Crippen molar-refractivity contribution in [3.8, 4) is 0 Å². The van der Waals surface area contributed by atoms with Crippen LogP contribution in [0.3, 0.4) is 0 Å². The predicted octanol–water partition coefficient (Wildman–Crippen LogP) is 3.25. The topological polar surface area (TPSA) is 43.8 Å². The van der Waals surface area contributed by atoms with Crippen LogP contribution in [0.4, 0.5) is 14.7 Å². The molecule has 0 saturated carbocycles. The number of imidazole rings is 1. The molecule has 0 saturated heterocycles. The minimum atomic E-state index is -0.699. The maximum Gasteiger partial charge on any atom is 0.201 e. The summed E-state index contributed by atoms with van der Waals surface area (Å²) >= 11 is 0. The summed E-state index contributed by atoms with van der Waals surface area (Å²) in [5.41, 5.74) is 8.41. The molecule has 5 heteroatoms. The van der Waals surface area contributed by atoms with Crippen LogP contribution in [0.25, 0.3) is 11.0 Å². The summed E-state index contributed by atoms with van der Waals surface area (Å²) in [6.45, 7) is 2.41. The van der Waals surface area contributed by atoms with Crippen molar-refractivity contribution >= 4 is 17.0 Å². The van der Waals surface area contributed by atoms with Crippen LogP contribution in [0.5, 0.6) is 0 Å². The highest BCUT2D eigenvalue weighted by molar-refractivity contribution is 5.79. The van der Waals surface area contributed by atoms with Crippen molar-refractivity contribution in [1.29, 1.82) is 0 Å². The highest BCUT2D eigenvalue weighted by Gasteiger charge is 2.14. The second kappa shape index (κ2) is 4.59. The lowest BCUT2D eigenvalue weighted by Crippen LogP contribution is -2.05. The van der Waals surface area contributed by atoms with Crippen LogP contribution in [0.1, 0.15) is 11.1 Å². The first-order valence-electron chi connectivity index (χ1n) is 6.21. The number of aryl methyl sites for hydroxylation is 1. The standard InChI is InChI=1S/C15H13F2N3/c1-9-4-2-3-5-10(9)8-20-13-7-11(16)6-12(17)14(13)19-15(20)18/h2-7H,8H2,1H3,(H2,18,19). The Bertz CT molecular complexity index is 793. The number of hydrogen-bond donors (Lipinski definition) is 1. The van der Waals surface area contributed by atoms with E-state index in [1.807, 2.05) is 31.2 Å². The summed E-state index contributed by atoms with van der Waals surface area (Å²) in [5, 5.41) is 0. The van der Waals surface area contributed by atoms with Crippen molar-refractivity contribution in [3.63, 3.8) is 0 Å². The predicted molar refractivity (Wildman–Crippen MR) is 74.3 cm³/mol. The average molecular weight is 273 g/mol. The van der Waals surface area contributed by atoms with Gasteiger partial charge in [-0.2, -0.15) is 0 Å². The third kappa shape index (κ3) is 2.01. The number of nitrogens with zero attached hydrogens (tertiary/aromatic N) is 2. The fourth-order valence-corrected chi connectivity index (χ4v) is 2.29. The minimum absolute atomic E-state index is 0.0949. The highest BCUT2D eigenvalue weighted by Crippen LogP contribution is 2.23. The molecule has 1 aromatic heterocycles. The van der Waals surface area contributed by atoms with Crippen molar-refractivity contribution < 1.29 is 8.78 Å². The third-order valence-electron chi connectivity index (χ3n) is 3.39. The molecule has 0 aliphatic carbocycles. The summed E-state index contributed by atoms with van der Waals surface area (Å²) in [6, 6.07) is 9.85. The molecular formula is C15H13F2N3. The molecule has 0 unspecified atom stereocenters. The summed E-state index contributed by atoms with van der Waals surface area (Å²) < 4.78 is 28.7. The Hall–Kier alpha value is -2.43. The van der Waals surface area contributed by atoms with Gasteiger partial charge < -0.3 is 10.3 Å². The van der Waals surface area contributed by atoms with Gasteiger partial charge in [-0.25, -0.2) is 13.8 Å². The molecule has 0 atom stereocenters. The van der Waals surface area contributed by atoms with E-state index in [9.17, 15) is 8.78 Å². The number of nitrogens with two attached hydrogens (primary N) is 1. The summed E-state index contributed by atoms with van der Waals surface area (Å²) in [4.78, 5) is 3.98. The van der Waals surface area contributed by atoms with Crippen LogP contribution in [0.2, 0.25) is 0 Å². The molecule has 2 aromatic carbocycles. The number of halogens is 2. The number of aromatic nitrogens is 2. The Morgan fingerprint density at radius 2 is 1.95 bits per heavy atom. The lowest BCUT2D eigenvalue weighted by atomic mass is 10.1. The maximum absolute atomic E-state index is 13.7. The molecule has 0 amide bonds. The molecule has 1 heterocycles. The Morgan fingerprint density at radius 1 is 1.20 bits per heavy atom. The van der Waals surface area contributed by atoms with E-state index in [0.29, 0.717) is 12.1 Å². The van der Waals surface area contributed by atoms with E-state index in [0.717, 1.165) is 17.2 Å². The Morgan fingerprint density at radius 3 is 2.70 bits per heavy atom. The van der Waals surface area contributed by atoms with Gasteiger partial charge in [-0.1, -0.05) is 24.3 Å². The van der Waals surface area contributed by atoms with Crippen molar-refractivity contribution in [2.45, 2.75) is 13.5 Å². The van der Waals surface area contributed by atoms with Crippen LogP contribution in [0.15, 0.2) is 36.4 Å². The van der Waals surface area contributed by atoms with Gasteiger partial charge >= 0.3 is 0 Å². The van der Waals surface area contributed by atoms with E-state index in [1.165, 1.54) is 6.07 Å². The monoisotopic (exact) mass is 273 g/mol. The molecule has 0 bridgehead atoms. The first-order valence-corrected chi connectivity index (χ1v) is 6.21. The van der Waals surface area contributed by atoms with Gasteiger partial charge in [-0.15, -0.1) is 0 Å². The fraction of sp³-hybridized carbons (Fsp3) is 0.133. The third-order valence-corrected chi connectivity index (χ3v) is 3.39. The molecule has 20 heavy (non-hydrogen) atoms. The smallest absolute Gasteiger partial charge is 0.201 e. The van der Waals surface area contributed by atoms with Crippen molar-refractivity contribution in [2.24, 2.45) is 0 Å². The van der Waals surface area contributed by atoms with Crippen LogP contribution in [-0.2, 0) is 6.54 Å². The van der Waals surface area contributed by atoms with E-state index in [-0.39, 0.29) is 11.5 Å². The van der Waals surface area contributed by atoms with Gasteiger partial charge in [-0.3, -0.25) is 0 Å². The summed E-state index contributed by atoms with van der Waals surface area (Å²) in [5.74, 6) is -1.16. The molecule has 0 fully saturated rings. The highest BCUT2D eigenvalue weighted by atomic mass is 19.1. The molecular weight excluding hydrogens is 260 g/mol. The first-order chi connectivity index (χ1) is 9.56. The largest absolute Gasteiger partial charge is 0.369 e. The SMILES string of the molecule is Cc1ccccc1Cn1c(N)nc2c(F)cc(F)cc21. The Balaban J connectivity index is 2.17. The molecule has 102 valence electrons. The molecule has 3 rings (SSSR count). The lowest BCUT2D eigenvalue weighted by molar-refractivity contribution is 0.590. The van der Waals surface area contributed by atoms with Crippen LogP contribution >= 0.6 is 0 Å². The second-order valence-corrected chi connectivity index (χ2v) is 4.74. The van der Waals surface area contributed by atoms with E-state index >= 15 is 0 Å². The molecule has 0 radical (unpaired) electrons. The van der Waals surface area contributed by atoms with E-state index < -0.39 is 11.6 Å². The van der Waals surface area contributed by atoms with Gasteiger partial charge in [0.25, 0.3) is 0 Å². The first kappa shape index (κ1) is 12.6.